The summed E-state index contributed by atoms with van der Waals surface area (Å²) in [7, 11) is 0. The molecule has 9 heteroatoms. The highest BCUT2D eigenvalue weighted by Gasteiger charge is 2.09. The summed E-state index contributed by atoms with van der Waals surface area (Å²) in [6.07, 6.45) is 0. The van der Waals surface area contributed by atoms with Gasteiger partial charge >= 0.3 is 0 Å². The molecule has 1 heterocycles. The van der Waals surface area contributed by atoms with Crippen molar-refractivity contribution < 1.29 is 4.79 Å². The van der Waals surface area contributed by atoms with Crippen molar-refractivity contribution in [2.24, 2.45) is 0 Å². The van der Waals surface area contributed by atoms with E-state index in [0.717, 1.165) is 8.95 Å². The maximum atomic E-state index is 11.9. The van der Waals surface area contributed by atoms with Crippen molar-refractivity contribution in [3.05, 3.63) is 33.2 Å². The molecule has 1 aromatic heterocycles. The Morgan fingerprint density at radius 3 is 2.48 bits per heavy atom. The predicted octanol–water partition coefficient (Wildman–Crippen LogP) is 2.90. The van der Waals surface area contributed by atoms with Gasteiger partial charge in [0.15, 0.2) is 5.16 Å². The van der Waals surface area contributed by atoms with Crippen LogP contribution in [0.15, 0.2) is 38.4 Å². The molecule has 2 rings (SSSR count). The van der Waals surface area contributed by atoms with Crippen LogP contribution in [-0.2, 0) is 4.79 Å². The van der Waals surface area contributed by atoms with Gasteiger partial charge in [0.05, 0.1) is 11.4 Å². The number of nitrogens with zero attached hydrogens (tertiary/aromatic N) is 2. The number of carbonyl (C=O) groups is 1. The van der Waals surface area contributed by atoms with Crippen LogP contribution in [0, 0.1) is 0 Å². The molecule has 0 atom stereocenters. The van der Waals surface area contributed by atoms with Crippen molar-refractivity contribution in [2.45, 2.75) is 5.16 Å². The lowest BCUT2D eigenvalue weighted by atomic mass is 10.3. The van der Waals surface area contributed by atoms with E-state index in [4.69, 9.17) is 11.5 Å². The van der Waals surface area contributed by atoms with Crippen molar-refractivity contribution in [1.82, 2.24) is 9.97 Å². The Morgan fingerprint density at radius 2 is 1.86 bits per heavy atom. The maximum absolute atomic E-state index is 11.9. The van der Waals surface area contributed by atoms with Gasteiger partial charge in [-0.1, -0.05) is 27.7 Å². The highest BCUT2D eigenvalue weighted by molar-refractivity contribution is 9.11. The van der Waals surface area contributed by atoms with Gasteiger partial charge in [-0.3, -0.25) is 4.79 Å². The van der Waals surface area contributed by atoms with Crippen molar-refractivity contribution in [3.8, 4) is 0 Å². The fourth-order valence-corrected chi connectivity index (χ4v) is 3.25. The summed E-state index contributed by atoms with van der Waals surface area (Å²) in [5.74, 6) is 0.542. The molecule has 0 fully saturated rings. The van der Waals surface area contributed by atoms with Crippen LogP contribution < -0.4 is 16.8 Å². The second kappa shape index (κ2) is 7.10. The number of thioether (sulfide) groups is 1. The fourth-order valence-electron chi connectivity index (χ4n) is 1.43. The van der Waals surface area contributed by atoms with E-state index in [1.54, 1.807) is 6.07 Å². The first kappa shape index (κ1) is 16.1. The minimum Gasteiger partial charge on any atom is -0.383 e. The topological polar surface area (TPSA) is 107 Å². The Labute approximate surface area is 142 Å². The van der Waals surface area contributed by atoms with E-state index >= 15 is 0 Å². The highest BCUT2D eigenvalue weighted by Crippen LogP contribution is 2.26. The number of rotatable bonds is 4. The summed E-state index contributed by atoms with van der Waals surface area (Å²) >= 11 is 7.90. The lowest BCUT2D eigenvalue weighted by molar-refractivity contribution is -0.113. The predicted molar refractivity (Wildman–Crippen MR) is 92.1 cm³/mol. The van der Waals surface area contributed by atoms with E-state index in [2.05, 4.69) is 47.1 Å². The van der Waals surface area contributed by atoms with E-state index in [0.29, 0.717) is 10.8 Å². The molecule has 6 nitrogen and oxygen atoms in total. The van der Waals surface area contributed by atoms with Gasteiger partial charge in [-0.2, -0.15) is 0 Å². The number of halogens is 2. The maximum Gasteiger partial charge on any atom is 0.234 e. The summed E-state index contributed by atoms with van der Waals surface area (Å²) in [6, 6.07) is 6.95. The zero-order valence-corrected chi connectivity index (χ0v) is 14.6. The van der Waals surface area contributed by atoms with Crippen LogP contribution in [0.2, 0.25) is 0 Å². The number of hydrogen-bond acceptors (Lipinski definition) is 6. The molecule has 0 saturated heterocycles. The van der Waals surface area contributed by atoms with Crippen LogP contribution in [-0.4, -0.2) is 21.6 Å². The standard InChI is InChI=1S/C12H11Br2N5OS/c13-6-1-2-8(7(14)3-6)17-11(20)5-21-12-18-9(15)4-10(16)19-12/h1-4H,5H2,(H,17,20)(H4,15,16,18,19). The third kappa shape index (κ3) is 4.87. The molecule has 0 saturated carbocycles. The van der Waals surface area contributed by atoms with Crippen LogP contribution in [0.4, 0.5) is 17.3 Å². The second-order valence-corrected chi connectivity index (χ2v) is 6.67. The summed E-state index contributed by atoms with van der Waals surface area (Å²) < 4.78 is 1.71. The van der Waals surface area contributed by atoms with E-state index < -0.39 is 0 Å². The van der Waals surface area contributed by atoms with E-state index in [9.17, 15) is 4.79 Å². The van der Waals surface area contributed by atoms with Crippen molar-refractivity contribution in [2.75, 3.05) is 22.5 Å². The number of anilines is 3. The summed E-state index contributed by atoms with van der Waals surface area (Å²) in [4.78, 5) is 19.9. The highest BCUT2D eigenvalue weighted by atomic mass is 79.9. The first-order valence-electron chi connectivity index (χ1n) is 5.72. The molecule has 110 valence electrons. The minimum absolute atomic E-state index is 0.158. The van der Waals surface area contributed by atoms with Crippen LogP contribution in [0.25, 0.3) is 0 Å². The number of nitrogen functional groups attached to an aromatic ring is 2. The fraction of sp³-hybridized carbons (Fsp3) is 0.0833. The Balaban J connectivity index is 1.95. The molecular weight excluding hydrogens is 422 g/mol. The minimum atomic E-state index is -0.174. The summed E-state index contributed by atoms with van der Waals surface area (Å²) in [6.45, 7) is 0. The molecule has 0 unspecified atom stereocenters. The number of hydrogen-bond donors (Lipinski definition) is 3. The van der Waals surface area contributed by atoms with Crippen LogP contribution >= 0.6 is 43.6 Å². The lowest BCUT2D eigenvalue weighted by Crippen LogP contribution is -2.14. The molecule has 0 aliphatic rings. The van der Waals surface area contributed by atoms with Gasteiger partial charge in [0.25, 0.3) is 0 Å². The molecule has 0 aliphatic carbocycles. The zero-order valence-electron chi connectivity index (χ0n) is 10.6. The smallest absolute Gasteiger partial charge is 0.234 e. The molecular formula is C12H11Br2N5OS. The number of amides is 1. The van der Waals surface area contributed by atoms with Gasteiger partial charge in [-0.25, -0.2) is 9.97 Å². The van der Waals surface area contributed by atoms with Crippen molar-refractivity contribution in [3.63, 3.8) is 0 Å². The SMILES string of the molecule is Nc1cc(N)nc(SCC(=O)Nc2ccc(Br)cc2Br)n1. The largest absolute Gasteiger partial charge is 0.383 e. The number of aromatic nitrogens is 2. The van der Waals surface area contributed by atoms with Gasteiger partial charge in [0.2, 0.25) is 5.91 Å². The Kier molecular flexibility index (Phi) is 5.43. The van der Waals surface area contributed by atoms with Gasteiger partial charge < -0.3 is 16.8 Å². The quantitative estimate of drug-likeness (QED) is 0.506. The average molecular weight is 433 g/mol. The van der Waals surface area contributed by atoms with Gasteiger partial charge in [0.1, 0.15) is 11.6 Å². The third-order valence-electron chi connectivity index (χ3n) is 2.28. The van der Waals surface area contributed by atoms with E-state index in [1.807, 2.05) is 12.1 Å². The molecule has 5 N–H and O–H groups in total. The number of nitrogens with two attached hydrogens (primary N) is 2. The monoisotopic (exact) mass is 431 g/mol. The number of nitrogens with one attached hydrogen (secondary N) is 1. The van der Waals surface area contributed by atoms with Crippen molar-refractivity contribution in [1.29, 1.82) is 0 Å². The average Bonchev–Trinajstić information content (AvgIpc) is 2.39. The van der Waals surface area contributed by atoms with Crippen molar-refractivity contribution >= 4 is 66.9 Å². The number of carbonyl (C=O) groups excluding carboxylic acids is 1. The summed E-state index contributed by atoms with van der Waals surface area (Å²) in [5.41, 5.74) is 11.8. The van der Waals surface area contributed by atoms with Gasteiger partial charge in [-0.05, 0) is 34.1 Å². The van der Waals surface area contributed by atoms with Crippen LogP contribution in [0.5, 0.6) is 0 Å². The Bertz CT molecular complexity index is 662. The first-order valence-corrected chi connectivity index (χ1v) is 8.29. The molecule has 1 aromatic carbocycles. The Hall–Kier alpha value is -1.32. The molecule has 0 aliphatic heterocycles. The zero-order chi connectivity index (χ0) is 15.4. The molecule has 0 spiro atoms. The molecule has 21 heavy (non-hydrogen) atoms. The molecule has 0 radical (unpaired) electrons. The molecule has 1 amide bonds. The molecule has 2 aromatic rings. The normalized spacial score (nSPS) is 10.4. The van der Waals surface area contributed by atoms with E-state index in [1.165, 1.54) is 17.8 Å². The third-order valence-corrected chi connectivity index (χ3v) is 4.28. The van der Waals surface area contributed by atoms with Crippen LogP contribution in [0.1, 0.15) is 0 Å². The molecule has 0 bridgehead atoms. The first-order chi connectivity index (χ1) is 9.94. The van der Waals surface area contributed by atoms with Gasteiger partial charge in [-0.15, -0.1) is 0 Å². The van der Waals surface area contributed by atoms with E-state index in [-0.39, 0.29) is 23.3 Å². The number of benzene rings is 1. The lowest BCUT2D eigenvalue weighted by Gasteiger charge is -2.07. The summed E-state index contributed by atoms with van der Waals surface area (Å²) in [5, 5.41) is 3.16. The van der Waals surface area contributed by atoms with Gasteiger partial charge in [0, 0.05) is 15.0 Å². The Morgan fingerprint density at radius 1 is 1.19 bits per heavy atom. The van der Waals surface area contributed by atoms with Crippen LogP contribution in [0.3, 0.4) is 0 Å². The second-order valence-electron chi connectivity index (χ2n) is 3.96.